The monoisotopic (exact) mass is 566 g/mol. The summed E-state index contributed by atoms with van der Waals surface area (Å²) >= 11 is 0. The summed E-state index contributed by atoms with van der Waals surface area (Å²) in [6.07, 6.45) is 7.99. The number of carbonyl (C=O) groups excluding carboxylic acids is 1. The molecule has 0 bridgehead atoms. The van der Waals surface area contributed by atoms with Crippen LogP contribution in [0, 0.1) is 13.8 Å². The van der Waals surface area contributed by atoms with Gasteiger partial charge in [-0.3, -0.25) is 14.9 Å². The van der Waals surface area contributed by atoms with Crippen LogP contribution < -0.4 is 10.6 Å². The Morgan fingerprint density at radius 3 is 2.64 bits per heavy atom. The minimum atomic E-state index is -0.915. The van der Waals surface area contributed by atoms with E-state index in [1.54, 1.807) is 24.2 Å². The lowest BCUT2D eigenvalue weighted by atomic mass is 9.76. The fraction of sp³-hybridized carbons (Fsp3) is 0.367. The van der Waals surface area contributed by atoms with Gasteiger partial charge in [0.25, 0.3) is 5.91 Å². The number of carbonyl (C=O) groups is 1. The maximum Gasteiger partial charge on any atom is 0.252 e. The molecule has 0 radical (unpaired) electrons. The van der Waals surface area contributed by atoms with Crippen LogP contribution >= 0.6 is 0 Å². The normalized spacial score (nSPS) is 19.5. The van der Waals surface area contributed by atoms with Crippen molar-refractivity contribution in [1.29, 1.82) is 0 Å². The Balaban J connectivity index is 1.16. The van der Waals surface area contributed by atoms with Gasteiger partial charge in [-0.1, -0.05) is 17.3 Å². The highest BCUT2D eigenvalue weighted by Crippen LogP contribution is 2.41. The van der Waals surface area contributed by atoms with Crippen LogP contribution in [0.15, 0.2) is 55.0 Å². The summed E-state index contributed by atoms with van der Waals surface area (Å²) < 4.78 is 7.55. The SMILES string of the molecule is COC1(C(=O)N[C@@H](C)c2ccc(-n3cc(C)nn3)nc2)CCC(c2nc(Nc3cc(C)[nH]n3)cc3cccnc23)CC1. The second kappa shape index (κ2) is 11.3. The quantitative estimate of drug-likeness (QED) is 0.245. The Bertz CT molecular complexity index is 1700. The second-order valence-electron chi connectivity index (χ2n) is 11.0. The standard InChI is InChI=1S/C30H34N10O2/c1-18-14-25(38-36-18)34-24-15-22-6-5-13-31-27(22)28(35-24)21-9-11-30(42-4,12-10-21)29(41)33-20(3)23-7-8-26(32-16-23)40-17-19(2)37-39-40/h5-8,13-17,20-21H,9-12H2,1-4H3,(H,33,41)(H2,34,35,36,38)/t20-,21?,30?/m0/s1. The van der Waals surface area contributed by atoms with Gasteiger partial charge < -0.3 is 15.4 Å². The van der Waals surface area contributed by atoms with Crippen molar-refractivity contribution in [2.75, 3.05) is 12.4 Å². The molecule has 0 saturated heterocycles. The fourth-order valence-corrected chi connectivity index (χ4v) is 5.61. The molecule has 12 nitrogen and oxygen atoms in total. The van der Waals surface area contributed by atoms with E-state index in [1.165, 1.54) is 0 Å². The molecule has 5 aromatic heterocycles. The molecule has 3 N–H and O–H groups in total. The number of H-pyrrole nitrogens is 1. The minimum Gasteiger partial charge on any atom is -0.368 e. The van der Waals surface area contributed by atoms with Crippen molar-refractivity contribution >= 4 is 28.4 Å². The van der Waals surface area contributed by atoms with Crippen LogP contribution in [0.3, 0.4) is 0 Å². The molecule has 6 rings (SSSR count). The maximum absolute atomic E-state index is 13.6. The van der Waals surface area contributed by atoms with Gasteiger partial charge in [0.05, 0.1) is 29.1 Å². The third-order valence-electron chi connectivity index (χ3n) is 8.02. The molecule has 5 heterocycles. The minimum absolute atomic E-state index is 0.118. The third kappa shape index (κ3) is 5.45. The zero-order valence-electron chi connectivity index (χ0n) is 24.1. The van der Waals surface area contributed by atoms with Crippen molar-refractivity contribution in [2.24, 2.45) is 0 Å². The van der Waals surface area contributed by atoms with E-state index in [0.717, 1.165) is 46.4 Å². The number of hydrogen-bond acceptors (Lipinski definition) is 9. The number of nitrogens with zero attached hydrogens (tertiary/aromatic N) is 7. The first-order valence-electron chi connectivity index (χ1n) is 14.1. The Morgan fingerprint density at radius 1 is 1.14 bits per heavy atom. The molecule has 1 aliphatic carbocycles. The number of nitrogens with one attached hydrogen (secondary N) is 3. The zero-order chi connectivity index (χ0) is 29.3. The van der Waals surface area contributed by atoms with Crippen molar-refractivity contribution in [3.05, 3.63) is 77.6 Å². The van der Waals surface area contributed by atoms with E-state index in [-0.39, 0.29) is 17.9 Å². The van der Waals surface area contributed by atoms with Crippen molar-refractivity contribution < 1.29 is 9.53 Å². The van der Waals surface area contributed by atoms with Gasteiger partial charge in [-0.05, 0) is 70.2 Å². The van der Waals surface area contributed by atoms with Crippen molar-refractivity contribution in [1.82, 2.24) is 45.5 Å². The van der Waals surface area contributed by atoms with E-state index >= 15 is 0 Å². The summed E-state index contributed by atoms with van der Waals surface area (Å²) in [5.74, 6) is 2.10. The van der Waals surface area contributed by atoms with Crippen LogP contribution in [0.5, 0.6) is 0 Å². The Hall–Kier alpha value is -4.71. The van der Waals surface area contributed by atoms with Gasteiger partial charge in [0, 0.05) is 42.6 Å². The summed E-state index contributed by atoms with van der Waals surface area (Å²) in [4.78, 5) is 27.8. The van der Waals surface area contributed by atoms with Gasteiger partial charge in [-0.25, -0.2) is 14.6 Å². The molecule has 0 aromatic carbocycles. The molecule has 216 valence electrons. The molecule has 0 unspecified atom stereocenters. The number of aromatic nitrogens is 8. The van der Waals surface area contributed by atoms with Gasteiger partial charge in [-0.2, -0.15) is 5.10 Å². The number of ether oxygens (including phenoxy) is 1. The number of hydrogen-bond donors (Lipinski definition) is 3. The molecule has 1 saturated carbocycles. The number of aromatic amines is 1. The van der Waals surface area contributed by atoms with E-state index in [4.69, 9.17) is 9.72 Å². The van der Waals surface area contributed by atoms with Crippen molar-refractivity contribution in [3.63, 3.8) is 0 Å². The molecular formula is C30H34N10O2. The average Bonchev–Trinajstić information content (AvgIpc) is 3.64. The summed E-state index contributed by atoms with van der Waals surface area (Å²) in [6.45, 7) is 5.78. The molecule has 5 aromatic rings. The van der Waals surface area contributed by atoms with Gasteiger partial charge in [0.2, 0.25) is 0 Å². The lowest BCUT2D eigenvalue weighted by Gasteiger charge is -2.38. The smallest absolute Gasteiger partial charge is 0.252 e. The predicted octanol–water partition coefficient (Wildman–Crippen LogP) is 4.61. The molecule has 42 heavy (non-hydrogen) atoms. The number of amides is 1. The predicted molar refractivity (Wildman–Crippen MR) is 158 cm³/mol. The molecule has 0 spiro atoms. The van der Waals surface area contributed by atoms with Gasteiger partial charge >= 0.3 is 0 Å². The van der Waals surface area contributed by atoms with Crippen LogP contribution in [0.4, 0.5) is 11.6 Å². The van der Waals surface area contributed by atoms with E-state index in [0.29, 0.717) is 30.3 Å². The molecule has 1 atom stereocenters. The van der Waals surface area contributed by atoms with E-state index in [1.807, 2.05) is 63.4 Å². The second-order valence-corrected chi connectivity index (χ2v) is 11.0. The number of methoxy groups -OCH3 is 1. The van der Waals surface area contributed by atoms with Gasteiger partial charge in [-0.15, -0.1) is 5.10 Å². The number of rotatable bonds is 8. The molecule has 0 aliphatic heterocycles. The van der Waals surface area contributed by atoms with Crippen molar-refractivity contribution in [2.45, 2.75) is 64.0 Å². The Labute approximate surface area is 243 Å². The van der Waals surface area contributed by atoms with Gasteiger partial charge in [0.1, 0.15) is 11.4 Å². The Kier molecular flexibility index (Phi) is 7.38. The van der Waals surface area contributed by atoms with E-state index in [2.05, 4.69) is 41.1 Å². The topological polar surface area (TPSA) is 148 Å². The first kappa shape index (κ1) is 27.5. The number of pyridine rings is 3. The zero-order valence-corrected chi connectivity index (χ0v) is 24.1. The number of anilines is 2. The highest BCUT2D eigenvalue weighted by atomic mass is 16.5. The molecule has 12 heteroatoms. The van der Waals surface area contributed by atoms with Crippen LogP contribution in [0.25, 0.3) is 16.7 Å². The Morgan fingerprint density at radius 2 is 1.98 bits per heavy atom. The van der Waals surface area contributed by atoms with Crippen LogP contribution in [-0.4, -0.2) is 58.8 Å². The molecular weight excluding hydrogens is 532 g/mol. The molecule has 1 fully saturated rings. The van der Waals surface area contributed by atoms with E-state index < -0.39 is 5.60 Å². The average molecular weight is 567 g/mol. The third-order valence-corrected chi connectivity index (χ3v) is 8.02. The molecule has 1 aliphatic rings. The summed E-state index contributed by atoms with van der Waals surface area (Å²) in [5, 5.41) is 22.8. The summed E-state index contributed by atoms with van der Waals surface area (Å²) in [6, 6.07) is 11.5. The van der Waals surface area contributed by atoms with E-state index in [9.17, 15) is 4.79 Å². The first-order valence-corrected chi connectivity index (χ1v) is 14.1. The highest BCUT2D eigenvalue weighted by molar-refractivity contribution is 5.86. The number of aryl methyl sites for hydroxylation is 2. The van der Waals surface area contributed by atoms with Crippen molar-refractivity contribution in [3.8, 4) is 5.82 Å². The van der Waals surface area contributed by atoms with Gasteiger partial charge in [0.15, 0.2) is 11.6 Å². The lowest BCUT2D eigenvalue weighted by Crippen LogP contribution is -2.50. The fourth-order valence-electron chi connectivity index (χ4n) is 5.61. The summed E-state index contributed by atoms with van der Waals surface area (Å²) in [5.41, 5.74) is 3.56. The van der Waals surface area contributed by atoms with Crippen LogP contribution in [-0.2, 0) is 9.53 Å². The maximum atomic E-state index is 13.6. The van der Waals surface area contributed by atoms with Crippen LogP contribution in [0.2, 0.25) is 0 Å². The highest BCUT2D eigenvalue weighted by Gasteiger charge is 2.43. The van der Waals surface area contributed by atoms with Crippen LogP contribution in [0.1, 0.15) is 67.2 Å². The first-order chi connectivity index (χ1) is 20.3. The largest absolute Gasteiger partial charge is 0.368 e. The lowest BCUT2D eigenvalue weighted by molar-refractivity contribution is -0.148. The molecule has 1 amide bonds. The summed E-state index contributed by atoms with van der Waals surface area (Å²) in [7, 11) is 1.62. The number of fused-ring (bicyclic) bond motifs is 1.